The van der Waals surface area contributed by atoms with Gasteiger partial charge in [-0.05, 0) is 10.8 Å². The van der Waals surface area contributed by atoms with Crippen LogP contribution >= 0.6 is 0 Å². The minimum absolute atomic E-state index is 0.0315. The van der Waals surface area contributed by atoms with E-state index >= 15 is 0 Å². The van der Waals surface area contributed by atoms with Crippen molar-refractivity contribution in [3.63, 3.8) is 0 Å². The van der Waals surface area contributed by atoms with Crippen LogP contribution in [0.3, 0.4) is 0 Å². The summed E-state index contributed by atoms with van der Waals surface area (Å²) in [6.45, 7) is 0.512. The van der Waals surface area contributed by atoms with Crippen LogP contribution in [0.1, 0.15) is 12.0 Å². The van der Waals surface area contributed by atoms with Gasteiger partial charge in [0.25, 0.3) is 0 Å². The summed E-state index contributed by atoms with van der Waals surface area (Å²) < 4.78 is 0. The van der Waals surface area contributed by atoms with E-state index in [0.29, 0.717) is 6.54 Å². The monoisotopic (exact) mass is 226 g/mol. The molecule has 2 N–H and O–H groups in total. The Labute approximate surface area is 99.9 Å². The Kier molecular flexibility index (Phi) is 2.53. The van der Waals surface area contributed by atoms with E-state index in [1.807, 2.05) is 12.1 Å². The zero-order chi connectivity index (χ0) is 11.7. The highest BCUT2D eigenvalue weighted by Crippen LogP contribution is 2.23. The van der Waals surface area contributed by atoms with Gasteiger partial charge in [-0.3, -0.25) is 0 Å². The van der Waals surface area contributed by atoms with Gasteiger partial charge in [0, 0.05) is 18.5 Å². The van der Waals surface area contributed by atoms with Crippen LogP contribution in [-0.4, -0.2) is 18.4 Å². The largest absolute Gasteiger partial charge is 0.390 e. The molecule has 17 heavy (non-hydrogen) atoms. The summed E-state index contributed by atoms with van der Waals surface area (Å²) in [6.07, 6.45) is 0.828. The van der Waals surface area contributed by atoms with Gasteiger partial charge in [-0.2, -0.15) is 0 Å². The van der Waals surface area contributed by atoms with Gasteiger partial charge in [0.1, 0.15) is 6.10 Å². The molecular weight excluding hydrogens is 212 g/mol. The van der Waals surface area contributed by atoms with Crippen molar-refractivity contribution in [2.24, 2.45) is 10.9 Å². The molecule has 0 bridgehead atoms. The first-order valence-corrected chi connectivity index (χ1v) is 5.79. The number of oxime groups is 1. The maximum Gasteiger partial charge on any atom is 0.145 e. The molecule has 3 heteroatoms. The van der Waals surface area contributed by atoms with E-state index in [1.54, 1.807) is 0 Å². The highest BCUT2D eigenvalue weighted by molar-refractivity contribution is 6.11. The number of rotatable bonds is 2. The van der Waals surface area contributed by atoms with Crippen molar-refractivity contribution in [3.8, 4) is 0 Å². The number of fused-ring (bicyclic) bond motifs is 1. The molecule has 0 fully saturated rings. The lowest BCUT2D eigenvalue weighted by molar-refractivity contribution is 0.0918. The van der Waals surface area contributed by atoms with E-state index in [9.17, 15) is 0 Å². The van der Waals surface area contributed by atoms with E-state index < -0.39 is 0 Å². The molecule has 0 amide bonds. The lowest BCUT2D eigenvalue weighted by Crippen LogP contribution is -2.20. The molecule has 1 aliphatic rings. The van der Waals surface area contributed by atoms with Gasteiger partial charge in [-0.15, -0.1) is 0 Å². The highest BCUT2D eigenvalue weighted by atomic mass is 16.6. The number of nitrogens with two attached hydrogens (primary N) is 1. The van der Waals surface area contributed by atoms with Crippen molar-refractivity contribution in [1.82, 2.24) is 0 Å². The molecule has 86 valence electrons. The Balaban J connectivity index is 2.07. The second-order valence-electron chi connectivity index (χ2n) is 4.23. The summed E-state index contributed by atoms with van der Waals surface area (Å²) in [5.41, 5.74) is 7.74. The smallest absolute Gasteiger partial charge is 0.145 e. The second-order valence-corrected chi connectivity index (χ2v) is 4.23. The number of benzene rings is 2. The molecule has 0 unspecified atom stereocenters. The predicted molar refractivity (Wildman–Crippen MR) is 69.0 cm³/mol. The molecule has 3 nitrogen and oxygen atoms in total. The fourth-order valence-corrected chi connectivity index (χ4v) is 2.19. The summed E-state index contributed by atoms with van der Waals surface area (Å²) in [4.78, 5) is 5.28. The molecule has 0 aromatic heterocycles. The molecule has 0 aliphatic carbocycles. The third-order valence-electron chi connectivity index (χ3n) is 3.10. The van der Waals surface area contributed by atoms with Crippen LogP contribution in [0.4, 0.5) is 0 Å². The van der Waals surface area contributed by atoms with Gasteiger partial charge in [-0.1, -0.05) is 47.6 Å². The zero-order valence-corrected chi connectivity index (χ0v) is 9.47. The maximum absolute atomic E-state index is 5.59. The van der Waals surface area contributed by atoms with E-state index in [4.69, 9.17) is 10.6 Å². The lowest BCUT2D eigenvalue weighted by atomic mass is 9.98. The third kappa shape index (κ3) is 1.78. The normalized spacial score (nSPS) is 19.1. The minimum atomic E-state index is 0.0315. The second kappa shape index (κ2) is 4.18. The quantitative estimate of drug-likeness (QED) is 0.854. The maximum atomic E-state index is 5.59. The Bertz CT molecular complexity index is 572. The highest BCUT2D eigenvalue weighted by Gasteiger charge is 2.21. The molecular formula is C14H14N2O. The third-order valence-corrected chi connectivity index (χ3v) is 3.10. The number of hydrogen-bond donors (Lipinski definition) is 1. The molecule has 0 saturated carbocycles. The number of nitrogens with zero attached hydrogens (tertiary/aromatic N) is 1. The van der Waals surface area contributed by atoms with E-state index in [0.717, 1.165) is 17.7 Å². The van der Waals surface area contributed by atoms with Crippen LogP contribution in [-0.2, 0) is 4.84 Å². The Morgan fingerprint density at radius 3 is 2.82 bits per heavy atom. The van der Waals surface area contributed by atoms with Crippen molar-refractivity contribution in [2.45, 2.75) is 12.5 Å². The molecule has 3 rings (SSSR count). The van der Waals surface area contributed by atoms with Crippen LogP contribution in [0.2, 0.25) is 0 Å². The van der Waals surface area contributed by atoms with Crippen molar-refractivity contribution in [3.05, 3.63) is 48.0 Å². The average molecular weight is 226 g/mol. The molecule has 1 atom stereocenters. The Morgan fingerprint density at radius 1 is 1.18 bits per heavy atom. The summed E-state index contributed by atoms with van der Waals surface area (Å²) in [5.74, 6) is 0. The van der Waals surface area contributed by atoms with Gasteiger partial charge in [0.15, 0.2) is 0 Å². The predicted octanol–water partition coefficient (Wildman–Crippen LogP) is 2.29. The van der Waals surface area contributed by atoms with Crippen molar-refractivity contribution < 1.29 is 4.84 Å². The zero-order valence-electron chi connectivity index (χ0n) is 9.47. The average Bonchev–Trinajstić information content (AvgIpc) is 2.87. The summed E-state index contributed by atoms with van der Waals surface area (Å²) in [7, 11) is 0. The first kappa shape index (κ1) is 10.3. The van der Waals surface area contributed by atoms with Crippen LogP contribution in [0.25, 0.3) is 10.8 Å². The van der Waals surface area contributed by atoms with Crippen molar-refractivity contribution in [1.29, 1.82) is 0 Å². The Hall–Kier alpha value is -1.87. The van der Waals surface area contributed by atoms with Gasteiger partial charge in [0.2, 0.25) is 0 Å². The summed E-state index contributed by atoms with van der Waals surface area (Å²) in [5, 5.41) is 6.59. The SMILES string of the molecule is NC[C@H]1CC(c2cccc3ccccc23)=NO1. The van der Waals surface area contributed by atoms with Crippen LogP contribution in [0.5, 0.6) is 0 Å². The minimum Gasteiger partial charge on any atom is -0.390 e. The number of hydrogen-bond acceptors (Lipinski definition) is 3. The van der Waals surface area contributed by atoms with Crippen LogP contribution in [0, 0.1) is 0 Å². The topological polar surface area (TPSA) is 47.6 Å². The fraction of sp³-hybridized carbons (Fsp3) is 0.214. The van der Waals surface area contributed by atoms with Crippen LogP contribution in [0.15, 0.2) is 47.6 Å². The van der Waals surface area contributed by atoms with E-state index in [-0.39, 0.29) is 6.10 Å². The molecule has 0 spiro atoms. The fourth-order valence-electron chi connectivity index (χ4n) is 2.19. The summed E-state index contributed by atoms with van der Waals surface area (Å²) >= 11 is 0. The van der Waals surface area contributed by atoms with Gasteiger partial charge >= 0.3 is 0 Å². The Morgan fingerprint density at radius 2 is 2.00 bits per heavy atom. The first-order valence-electron chi connectivity index (χ1n) is 5.79. The lowest BCUT2D eigenvalue weighted by Gasteiger charge is -2.05. The standard InChI is InChI=1S/C14H14N2O/c15-9-11-8-14(16-17-11)13-7-3-5-10-4-1-2-6-12(10)13/h1-7,11H,8-9,15H2/t11-/m1/s1. The van der Waals surface area contributed by atoms with Gasteiger partial charge in [0.05, 0.1) is 5.71 Å². The molecule has 1 aliphatic heterocycles. The van der Waals surface area contributed by atoms with E-state index in [2.05, 4.69) is 35.5 Å². The molecule has 0 saturated heterocycles. The molecule has 2 aromatic carbocycles. The van der Waals surface area contributed by atoms with Crippen molar-refractivity contribution in [2.75, 3.05) is 6.54 Å². The van der Waals surface area contributed by atoms with E-state index in [1.165, 1.54) is 10.8 Å². The molecule has 2 aromatic rings. The first-order chi connectivity index (χ1) is 8.38. The molecule has 0 radical (unpaired) electrons. The molecule has 1 heterocycles. The summed E-state index contributed by atoms with van der Waals surface area (Å²) in [6, 6.07) is 14.6. The van der Waals surface area contributed by atoms with Crippen LogP contribution < -0.4 is 5.73 Å². The van der Waals surface area contributed by atoms with Gasteiger partial charge in [-0.25, -0.2) is 0 Å². The van der Waals surface area contributed by atoms with Crippen molar-refractivity contribution >= 4 is 16.5 Å². The van der Waals surface area contributed by atoms with Gasteiger partial charge < -0.3 is 10.6 Å².